The Labute approximate surface area is 135 Å². The molecule has 0 aliphatic rings. The second kappa shape index (κ2) is 7.14. The van der Waals surface area contributed by atoms with E-state index >= 15 is 0 Å². The molecule has 0 heterocycles. The van der Waals surface area contributed by atoms with Crippen molar-refractivity contribution in [2.75, 3.05) is 18.1 Å². The predicted octanol–water partition coefficient (Wildman–Crippen LogP) is 3.65. The van der Waals surface area contributed by atoms with Crippen LogP contribution in [-0.2, 0) is 9.53 Å². The van der Waals surface area contributed by atoms with Crippen LogP contribution in [0.1, 0.15) is 31.1 Å². The van der Waals surface area contributed by atoms with Crippen LogP contribution in [0.15, 0.2) is 18.2 Å². The lowest BCUT2D eigenvalue weighted by Crippen LogP contribution is -2.43. The molecule has 0 N–H and O–H groups in total. The molecule has 0 aromatic heterocycles. The van der Waals surface area contributed by atoms with Crippen LogP contribution in [0.4, 0.5) is 27.6 Å². The highest BCUT2D eigenvalue weighted by Crippen LogP contribution is 2.29. The maximum absolute atomic E-state index is 13.4. The summed E-state index contributed by atoms with van der Waals surface area (Å²) in [5, 5.41) is 0. The number of hydrogen-bond acceptors (Lipinski definition) is 3. The smallest absolute Gasteiger partial charge is 0.456 e. The van der Waals surface area contributed by atoms with Crippen LogP contribution in [0, 0.1) is 5.82 Å². The van der Waals surface area contributed by atoms with Gasteiger partial charge in [0.25, 0.3) is 0 Å². The summed E-state index contributed by atoms with van der Waals surface area (Å²) in [6, 6.07) is 2.26. The van der Waals surface area contributed by atoms with Gasteiger partial charge in [-0.25, -0.2) is 13.6 Å². The summed E-state index contributed by atoms with van der Waals surface area (Å²) in [5.74, 6) is -4.46. The zero-order valence-corrected chi connectivity index (χ0v) is 13.2. The monoisotopic (exact) mass is 353 g/mol. The van der Waals surface area contributed by atoms with Crippen molar-refractivity contribution in [1.82, 2.24) is 0 Å². The van der Waals surface area contributed by atoms with E-state index in [1.807, 2.05) is 0 Å². The van der Waals surface area contributed by atoms with Gasteiger partial charge in [-0.15, -0.1) is 0 Å². The number of carbonyl (C=O) groups excluding carboxylic acids is 2. The average molecular weight is 353 g/mol. The Morgan fingerprint density at radius 3 is 2.21 bits per heavy atom. The Balaban J connectivity index is 3.40. The molecule has 0 aliphatic carbocycles. The van der Waals surface area contributed by atoms with E-state index in [0.29, 0.717) is 6.07 Å². The van der Waals surface area contributed by atoms with Gasteiger partial charge < -0.3 is 9.64 Å². The molecule has 0 radical (unpaired) electrons. The van der Waals surface area contributed by atoms with Gasteiger partial charge in [0, 0.05) is 0 Å². The largest absolute Gasteiger partial charge is 0.471 e. The van der Waals surface area contributed by atoms with Crippen molar-refractivity contribution in [2.24, 2.45) is 0 Å². The summed E-state index contributed by atoms with van der Waals surface area (Å²) in [6.07, 6.45) is -5.31. The molecule has 134 valence electrons. The van der Waals surface area contributed by atoms with Gasteiger partial charge in [0.2, 0.25) is 0 Å². The molecule has 1 aromatic rings. The number of hydrogen-bond donors (Lipinski definition) is 0. The molecule has 1 rings (SSSR count). The van der Waals surface area contributed by atoms with Crippen LogP contribution in [0.2, 0.25) is 0 Å². The van der Waals surface area contributed by atoms with Gasteiger partial charge in [-0.1, -0.05) is 0 Å². The average Bonchev–Trinajstić information content (AvgIpc) is 2.40. The van der Waals surface area contributed by atoms with Gasteiger partial charge in [-0.2, -0.15) is 13.2 Å². The molecule has 0 atom stereocenters. The molecule has 0 unspecified atom stereocenters. The van der Waals surface area contributed by atoms with E-state index in [-0.39, 0.29) is 4.90 Å². The molecule has 1 amide bonds. The van der Waals surface area contributed by atoms with Crippen LogP contribution in [0.3, 0.4) is 0 Å². The first kappa shape index (κ1) is 19.9. The Hall–Kier alpha value is -2.19. The van der Waals surface area contributed by atoms with Crippen molar-refractivity contribution in [1.29, 1.82) is 0 Å². The van der Waals surface area contributed by atoms with Crippen LogP contribution in [0.25, 0.3) is 0 Å². The number of rotatable bonds is 4. The topological polar surface area (TPSA) is 46.6 Å². The first-order valence-corrected chi connectivity index (χ1v) is 6.84. The van der Waals surface area contributed by atoms with Crippen molar-refractivity contribution in [3.05, 3.63) is 29.6 Å². The quantitative estimate of drug-likeness (QED) is 0.613. The highest BCUT2D eigenvalue weighted by Gasteiger charge is 2.44. The molecule has 0 saturated heterocycles. The van der Waals surface area contributed by atoms with Crippen LogP contribution < -0.4 is 4.90 Å². The van der Waals surface area contributed by atoms with E-state index in [1.165, 1.54) is 20.8 Å². The fourth-order valence-electron chi connectivity index (χ4n) is 1.80. The van der Waals surface area contributed by atoms with Crippen LogP contribution >= 0.6 is 0 Å². The molecule has 24 heavy (non-hydrogen) atoms. The van der Waals surface area contributed by atoms with E-state index in [2.05, 4.69) is 0 Å². The fraction of sp³-hybridized carbons (Fsp3) is 0.467. The third-order valence-corrected chi connectivity index (χ3v) is 2.67. The van der Waals surface area contributed by atoms with E-state index < -0.39 is 53.9 Å². The SMILES string of the molecule is CC(C)(C)OC(=O)c1ccc(F)cc1N(CCF)C(=O)C(F)(F)F. The molecule has 9 heteroatoms. The Morgan fingerprint density at radius 1 is 1.17 bits per heavy atom. The number of halogens is 5. The van der Waals surface area contributed by atoms with Crippen molar-refractivity contribution >= 4 is 17.6 Å². The molecular formula is C15H16F5NO3. The zero-order valence-electron chi connectivity index (χ0n) is 13.2. The zero-order chi connectivity index (χ0) is 18.7. The van der Waals surface area contributed by atoms with E-state index in [4.69, 9.17) is 4.74 Å². The molecule has 0 bridgehead atoms. The summed E-state index contributed by atoms with van der Waals surface area (Å²) in [6.45, 7) is 2.26. The summed E-state index contributed by atoms with van der Waals surface area (Å²) >= 11 is 0. The lowest BCUT2D eigenvalue weighted by Gasteiger charge is -2.26. The minimum atomic E-state index is -5.31. The van der Waals surface area contributed by atoms with Gasteiger partial charge in [0.1, 0.15) is 18.1 Å². The van der Waals surface area contributed by atoms with E-state index in [9.17, 15) is 31.5 Å². The Morgan fingerprint density at radius 2 is 1.75 bits per heavy atom. The number of amides is 1. The van der Waals surface area contributed by atoms with E-state index in [1.54, 1.807) is 0 Å². The first-order chi connectivity index (χ1) is 10.9. The summed E-state index contributed by atoms with van der Waals surface area (Å²) in [4.78, 5) is 23.6. The highest BCUT2D eigenvalue weighted by atomic mass is 19.4. The minimum absolute atomic E-state index is 0.0255. The molecule has 4 nitrogen and oxygen atoms in total. The molecule has 0 saturated carbocycles. The maximum atomic E-state index is 13.4. The van der Waals surface area contributed by atoms with Crippen LogP contribution in [0.5, 0.6) is 0 Å². The molecular weight excluding hydrogens is 337 g/mol. The molecule has 0 aliphatic heterocycles. The normalized spacial score (nSPS) is 12.0. The number of alkyl halides is 4. The predicted molar refractivity (Wildman–Crippen MR) is 76.0 cm³/mol. The lowest BCUT2D eigenvalue weighted by atomic mass is 10.1. The van der Waals surface area contributed by atoms with Crippen molar-refractivity contribution in [3.63, 3.8) is 0 Å². The number of benzene rings is 1. The maximum Gasteiger partial charge on any atom is 0.471 e. The molecule has 0 fully saturated rings. The van der Waals surface area contributed by atoms with Gasteiger partial charge >= 0.3 is 18.1 Å². The van der Waals surface area contributed by atoms with Gasteiger partial charge in [-0.3, -0.25) is 4.79 Å². The van der Waals surface area contributed by atoms with Crippen LogP contribution in [-0.4, -0.2) is 36.9 Å². The van der Waals surface area contributed by atoms with Gasteiger partial charge in [0.05, 0.1) is 17.8 Å². The molecule has 0 spiro atoms. The first-order valence-electron chi connectivity index (χ1n) is 6.84. The summed E-state index contributed by atoms with van der Waals surface area (Å²) < 4.78 is 69.1. The second-order valence-electron chi connectivity index (χ2n) is 5.81. The molecule has 1 aromatic carbocycles. The number of carbonyl (C=O) groups is 2. The number of esters is 1. The standard InChI is InChI=1S/C15H16F5NO3/c1-14(2,3)24-12(22)10-5-4-9(17)8-11(10)21(7-6-16)13(23)15(18,19)20/h4-5,8H,6-7H2,1-3H3. The van der Waals surface area contributed by atoms with Crippen molar-refractivity contribution in [3.8, 4) is 0 Å². The van der Waals surface area contributed by atoms with Gasteiger partial charge in [0.15, 0.2) is 0 Å². The van der Waals surface area contributed by atoms with Crippen molar-refractivity contribution < 1.29 is 36.3 Å². The minimum Gasteiger partial charge on any atom is -0.456 e. The third-order valence-electron chi connectivity index (χ3n) is 2.67. The fourth-order valence-corrected chi connectivity index (χ4v) is 1.80. The summed E-state index contributed by atoms with van der Waals surface area (Å²) in [7, 11) is 0. The third kappa shape index (κ3) is 5.17. The Bertz CT molecular complexity index is 623. The van der Waals surface area contributed by atoms with E-state index in [0.717, 1.165) is 12.1 Å². The number of nitrogens with zero attached hydrogens (tertiary/aromatic N) is 1. The second-order valence-corrected chi connectivity index (χ2v) is 5.81. The van der Waals surface area contributed by atoms with Gasteiger partial charge in [-0.05, 0) is 39.0 Å². The lowest BCUT2D eigenvalue weighted by molar-refractivity contribution is -0.170. The number of ether oxygens (including phenoxy) is 1. The number of anilines is 1. The summed E-state index contributed by atoms with van der Waals surface area (Å²) in [5.41, 5.74) is -2.15. The highest BCUT2D eigenvalue weighted by molar-refractivity contribution is 6.04. The Kier molecular flexibility index (Phi) is 5.91. The van der Waals surface area contributed by atoms with Crippen molar-refractivity contribution in [2.45, 2.75) is 32.5 Å².